The summed E-state index contributed by atoms with van der Waals surface area (Å²) in [6, 6.07) is 14.6. The van der Waals surface area contributed by atoms with Gasteiger partial charge in [0.15, 0.2) is 5.75 Å². The average Bonchev–Trinajstić information content (AvgIpc) is 3.78. The van der Waals surface area contributed by atoms with Crippen LogP contribution in [0.2, 0.25) is 5.02 Å². The molecule has 1 saturated carbocycles. The zero-order valence-electron chi connectivity index (χ0n) is 27.6. The highest BCUT2D eigenvalue weighted by atomic mass is 35.5. The van der Waals surface area contributed by atoms with Gasteiger partial charge in [-0.1, -0.05) is 42.4 Å². The molecule has 50 heavy (non-hydrogen) atoms. The van der Waals surface area contributed by atoms with Gasteiger partial charge in [-0.15, -0.1) is 0 Å². The Morgan fingerprint density at radius 3 is 2.78 bits per heavy atom. The Kier molecular flexibility index (Phi) is 8.48. The number of carbonyl (C=O) groups is 1. The van der Waals surface area contributed by atoms with Crippen LogP contribution in [0.25, 0.3) is 32.8 Å². The lowest BCUT2D eigenvalue weighted by Gasteiger charge is -2.41. The molecule has 12 heteroatoms. The number of hydrogen-bond donors (Lipinski definition) is 0. The molecule has 1 aliphatic carbocycles. The number of halogens is 3. The molecule has 0 bridgehead atoms. The van der Waals surface area contributed by atoms with Gasteiger partial charge in [0.05, 0.1) is 35.2 Å². The first-order chi connectivity index (χ1) is 24.3. The van der Waals surface area contributed by atoms with Crippen LogP contribution in [0.3, 0.4) is 0 Å². The zero-order valence-corrected chi connectivity index (χ0v) is 28.3. The smallest absolute Gasteiger partial charge is 0.319 e. The zero-order chi connectivity index (χ0) is 34.6. The summed E-state index contributed by atoms with van der Waals surface area (Å²) in [6.45, 7) is 6.31. The second-order valence-electron chi connectivity index (χ2n) is 13.8. The molecule has 8 rings (SSSR count). The van der Waals surface area contributed by atoms with Crippen molar-refractivity contribution in [2.75, 3.05) is 44.2 Å². The van der Waals surface area contributed by atoms with E-state index in [-0.39, 0.29) is 42.1 Å². The molecule has 3 aliphatic heterocycles. The average molecular weight is 699 g/mol. The Hall–Kier alpha value is -4.53. The summed E-state index contributed by atoms with van der Waals surface area (Å²) in [4.78, 5) is 28.6. The van der Waals surface area contributed by atoms with Crippen molar-refractivity contribution >= 4 is 45.0 Å². The predicted molar refractivity (Wildman–Crippen MR) is 188 cm³/mol. The van der Waals surface area contributed by atoms with Crippen molar-refractivity contribution in [3.05, 3.63) is 66.0 Å². The summed E-state index contributed by atoms with van der Waals surface area (Å²) in [5.41, 5.74) is 1.53. The van der Waals surface area contributed by atoms with Gasteiger partial charge < -0.3 is 19.3 Å². The second-order valence-corrected chi connectivity index (χ2v) is 14.2. The summed E-state index contributed by atoms with van der Waals surface area (Å²) in [5.74, 6) is 0.370. The molecule has 3 aromatic carbocycles. The molecule has 1 amide bonds. The number of rotatable bonds is 9. The standard InChI is InChI=1S/C38H37ClF2N6O3/c1-2-31(48)47-18-17-45(21-25(47)13-15-42)36-29-11-10-28(27-6-3-5-23-7-12-30(41)33(39)32(23)27)35(50-26-8-9-26)34(29)43-37(44-36)49-22-38-14-4-16-46(38)20-24(40)19-38/h2-3,5-7,10-12,24-26H,1,4,8-9,13-14,16-22H2/t24-,25+,38+/m1/s1. The summed E-state index contributed by atoms with van der Waals surface area (Å²) < 4.78 is 42.6. The number of hydrogen-bond acceptors (Lipinski definition) is 8. The van der Waals surface area contributed by atoms with E-state index in [2.05, 4.69) is 22.4 Å². The number of aromatic nitrogens is 2. The molecule has 0 spiro atoms. The summed E-state index contributed by atoms with van der Waals surface area (Å²) >= 11 is 6.61. The number of alkyl halides is 1. The molecule has 4 fully saturated rings. The Bertz CT molecular complexity index is 2050. The summed E-state index contributed by atoms with van der Waals surface area (Å²) in [6.07, 6.45) is 4.50. The van der Waals surface area contributed by atoms with Gasteiger partial charge in [-0.3, -0.25) is 9.69 Å². The van der Waals surface area contributed by atoms with Crippen LogP contribution in [0.1, 0.15) is 38.5 Å². The van der Waals surface area contributed by atoms with Crippen LogP contribution in [-0.4, -0.2) is 88.9 Å². The monoisotopic (exact) mass is 698 g/mol. The number of ether oxygens (including phenoxy) is 2. The van der Waals surface area contributed by atoms with E-state index in [0.29, 0.717) is 71.6 Å². The summed E-state index contributed by atoms with van der Waals surface area (Å²) in [5, 5.41) is 11.7. The van der Waals surface area contributed by atoms with Gasteiger partial charge in [-0.2, -0.15) is 15.2 Å². The minimum absolute atomic E-state index is 0.0105. The van der Waals surface area contributed by atoms with Crippen LogP contribution in [-0.2, 0) is 4.79 Å². The maximum atomic E-state index is 14.9. The van der Waals surface area contributed by atoms with Gasteiger partial charge in [0.2, 0.25) is 5.91 Å². The molecule has 4 heterocycles. The molecular formula is C38H37ClF2N6O3. The van der Waals surface area contributed by atoms with E-state index in [1.807, 2.05) is 30.3 Å². The van der Waals surface area contributed by atoms with Crippen molar-refractivity contribution in [2.45, 2.75) is 62.4 Å². The second kappa shape index (κ2) is 13.0. The lowest BCUT2D eigenvalue weighted by Crippen LogP contribution is -2.55. The first-order valence-electron chi connectivity index (χ1n) is 17.2. The van der Waals surface area contributed by atoms with Crippen LogP contribution in [0.5, 0.6) is 11.8 Å². The minimum atomic E-state index is -0.905. The summed E-state index contributed by atoms with van der Waals surface area (Å²) in [7, 11) is 0. The van der Waals surface area contributed by atoms with E-state index in [4.69, 9.17) is 31.0 Å². The lowest BCUT2D eigenvalue weighted by atomic mass is 9.95. The molecule has 4 aliphatic rings. The van der Waals surface area contributed by atoms with E-state index >= 15 is 0 Å². The van der Waals surface area contributed by atoms with E-state index in [1.165, 1.54) is 12.1 Å². The van der Waals surface area contributed by atoms with Gasteiger partial charge in [-0.05, 0) is 67.5 Å². The Labute approximate surface area is 294 Å². The third-order valence-electron chi connectivity index (χ3n) is 10.6. The first kappa shape index (κ1) is 32.7. The number of carbonyl (C=O) groups excluding carboxylic acids is 1. The van der Waals surface area contributed by atoms with E-state index in [1.54, 1.807) is 11.0 Å². The number of benzene rings is 3. The molecule has 0 unspecified atom stereocenters. The fourth-order valence-corrected chi connectivity index (χ4v) is 8.31. The van der Waals surface area contributed by atoms with Crippen LogP contribution < -0.4 is 14.4 Å². The van der Waals surface area contributed by atoms with Gasteiger partial charge in [-0.25, -0.2) is 8.78 Å². The third kappa shape index (κ3) is 5.78. The number of fused-ring (bicyclic) bond motifs is 3. The highest BCUT2D eigenvalue weighted by Gasteiger charge is 2.49. The fourth-order valence-electron chi connectivity index (χ4n) is 8.04. The van der Waals surface area contributed by atoms with Crippen molar-refractivity contribution in [3.8, 4) is 29.0 Å². The SMILES string of the molecule is C=CC(=O)N1CCN(c2nc(OC[C@@]34CCCN3C[C@H](F)C4)nc3c(OC4CC4)c(-c4cccc5ccc(F)c(Cl)c45)ccc23)C[C@@H]1CC#N. The molecule has 3 saturated heterocycles. The molecule has 258 valence electrons. The number of anilines is 1. The van der Waals surface area contributed by atoms with Crippen molar-refractivity contribution in [2.24, 2.45) is 0 Å². The number of piperazine rings is 1. The van der Waals surface area contributed by atoms with Gasteiger partial charge in [0.1, 0.15) is 29.9 Å². The van der Waals surface area contributed by atoms with Crippen LogP contribution in [0.15, 0.2) is 55.1 Å². The van der Waals surface area contributed by atoms with Crippen LogP contribution in [0, 0.1) is 17.1 Å². The number of nitriles is 1. The normalized spacial score (nSPS) is 23.6. The van der Waals surface area contributed by atoms with Crippen molar-refractivity contribution in [1.82, 2.24) is 19.8 Å². The van der Waals surface area contributed by atoms with Gasteiger partial charge in [0, 0.05) is 48.9 Å². The Balaban J connectivity index is 1.28. The quantitative estimate of drug-likeness (QED) is 0.175. The largest absolute Gasteiger partial charge is 0.487 e. The fraction of sp³-hybridized carbons (Fsp3) is 0.421. The van der Waals surface area contributed by atoms with Gasteiger partial charge >= 0.3 is 6.01 Å². The third-order valence-corrected chi connectivity index (χ3v) is 11.0. The Morgan fingerprint density at radius 1 is 1.12 bits per heavy atom. The van der Waals surface area contributed by atoms with E-state index in [9.17, 15) is 18.8 Å². The lowest BCUT2D eigenvalue weighted by molar-refractivity contribution is -0.128. The van der Waals surface area contributed by atoms with Gasteiger partial charge in [0.25, 0.3) is 0 Å². The number of nitrogens with zero attached hydrogens (tertiary/aromatic N) is 6. The number of amides is 1. The van der Waals surface area contributed by atoms with Crippen LogP contribution in [0.4, 0.5) is 14.6 Å². The Morgan fingerprint density at radius 2 is 1.98 bits per heavy atom. The molecule has 0 N–H and O–H groups in total. The maximum absolute atomic E-state index is 14.9. The topological polar surface area (TPSA) is 94.8 Å². The van der Waals surface area contributed by atoms with Crippen molar-refractivity contribution in [3.63, 3.8) is 0 Å². The predicted octanol–water partition coefficient (Wildman–Crippen LogP) is 6.86. The molecular weight excluding hydrogens is 662 g/mol. The maximum Gasteiger partial charge on any atom is 0.319 e. The minimum Gasteiger partial charge on any atom is -0.487 e. The van der Waals surface area contributed by atoms with Crippen molar-refractivity contribution in [1.29, 1.82) is 5.26 Å². The molecule has 4 aromatic rings. The molecule has 1 aromatic heterocycles. The van der Waals surface area contributed by atoms with Crippen molar-refractivity contribution < 1.29 is 23.0 Å². The molecule has 9 nitrogen and oxygen atoms in total. The molecule has 0 radical (unpaired) electrons. The van der Waals surface area contributed by atoms with Crippen LogP contribution >= 0.6 is 11.6 Å². The highest BCUT2D eigenvalue weighted by Crippen LogP contribution is 2.46. The molecule has 3 atom stereocenters. The van der Waals surface area contributed by atoms with E-state index < -0.39 is 17.5 Å². The van der Waals surface area contributed by atoms with E-state index in [0.717, 1.165) is 37.6 Å². The highest BCUT2D eigenvalue weighted by molar-refractivity contribution is 6.37. The first-order valence-corrected chi connectivity index (χ1v) is 17.6.